The summed E-state index contributed by atoms with van der Waals surface area (Å²) < 4.78 is 15.0. The van der Waals surface area contributed by atoms with E-state index >= 15 is 0 Å². The van der Waals surface area contributed by atoms with Crippen LogP contribution in [-0.2, 0) is 6.54 Å². The van der Waals surface area contributed by atoms with Gasteiger partial charge in [0.05, 0.1) is 11.9 Å². The van der Waals surface area contributed by atoms with Crippen LogP contribution >= 0.6 is 0 Å². The first-order valence-electron chi connectivity index (χ1n) is 6.53. The average molecular weight is 262 g/mol. The fourth-order valence-electron chi connectivity index (χ4n) is 1.83. The van der Waals surface area contributed by atoms with E-state index in [-0.39, 0.29) is 5.82 Å². The molecule has 0 spiro atoms. The third kappa shape index (κ3) is 3.17. The van der Waals surface area contributed by atoms with Gasteiger partial charge in [-0.05, 0) is 24.6 Å². The third-order valence-electron chi connectivity index (χ3n) is 2.89. The lowest BCUT2D eigenvalue weighted by molar-refractivity contribution is 0.609. The van der Waals surface area contributed by atoms with Gasteiger partial charge in [0.25, 0.3) is 0 Å². The summed E-state index contributed by atoms with van der Waals surface area (Å²) in [5.74, 6) is 0.709. The number of rotatable bonds is 5. The Morgan fingerprint density at radius 1 is 1.42 bits per heavy atom. The lowest BCUT2D eigenvalue weighted by atomic mass is 10.1. The lowest BCUT2D eigenvalue weighted by Crippen LogP contribution is -2.15. The quantitative estimate of drug-likeness (QED) is 0.900. The van der Waals surface area contributed by atoms with Crippen molar-refractivity contribution in [2.75, 3.05) is 6.54 Å². The maximum absolute atomic E-state index is 13.3. The molecule has 19 heavy (non-hydrogen) atoms. The van der Waals surface area contributed by atoms with Crippen molar-refractivity contribution in [1.29, 1.82) is 0 Å². The van der Waals surface area contributed by atoms with Gasteiger partial charge < -0.3 is 5.32 Å². The standard InChI is InChI=1S/C14H19FN4/c1-4-16-8-11-7-12(15)9-17-14(11)19-6-5-13(18-19)10(2)3/h5-7,9-10,16H,4,8H2,1-3H3. The number of pyridine rings is 1. The molecule has 4 nitrogen and oxygen atoms in total. The molecule has 2 rings (SSSR count). The molecule has 0 aromatic carbocycles. The molecule has 0 aliphatic rings. The van der Waals surface area contributed by atoms with E-state index in [0.29, 0.717) is 18.3 Å². The maximum atomic E-state index is 13.3. The van der Waals surface area contributed by atoms with Crippen molar-refractivity contribution >= 4 is 0 Å². The number of nitrogens with zero attached hydrogens (tertiary/aromatic N) is 3. The van der Waals surface area contributed by atoms with E-state index < -0.39 is 0 Å². The highest BCUT2D eigenvalue weighted by atomic mass is 19.1. The maximum Gasteiger partial charge on any atom is 0.157 e. The molecule has 0 radical (unpaired) electrons. The van der Waals surface area contributed by atoms with Gasteiger partial charge in [-0.15, -0.1) is 0 Å². The van der Waals surface area contributed by atoms with E-state index in [1.807, 2.05) is 19.2 Å². The normalized spacial score (nSPS) is 11.2. The van der Waals surface area contributed by atoms with Crippen molar-refractivity contribution in [3.63, 3.8) is 0 Å². The molecule has 1 N–H and O–H groups in total. The Labute approximate surface area is 112 Å². The first-order valence-corrected chi connectivity index (χ1v) is 6.53. The first kappa shape index (κ1) is 13.7. The molecular formula is C14H19FN4. The van der Waals surface area contributed by atoms with Gasteiger partial charge in [0.1, 0.15) is 5.82 Å². The van der Waals surface area contributed by atoms with Crippen molar-refractivity contribution in [1.82, 2.24) is 20.1 Å². The summed E-state index contributed by atoms with van der Waals surface area (Å²) in [6, 6.07) is 3.47. The van der Waals surface area contributed by atoms with Gasteiger partial charge >= 0.3 is 0 Å². The average Bonchev–Trinajstić information content (AvgIpc) is 2.86. The van der Waals surface area contributed by atoms with Crippen LogP contribution in [0.3, 0.4) is 0 Å². The van der Waals surface area contributed by atoms with E-state index in [0.717, 1.165) is 17.8 Å². The Morgan fingerprint density at radius 3 is 2.84 bits per heavy atom. The Hall–Kier alpha value is -1.75. The molecule has 2 heterocycles. The van der Waals surface area contributed by atoms with Crippen molar-refractivity contribution < 1.29 is 4.39 Å². The van der Waals surface area contributed by atoms with Crippen molar-refractivity contribution in [2.45, 2.75) is 33.2 Å². The monoisotopic (exact) mass is 262 g/mol. The zero-order valence-corrected chi connectivity index (χ0v) is 11.5. The van der Waals surface area contributed by atoms with Crippen LogP contribution in [0.4, 0.5) is 4.39 Å². The molecule has 102 valence electrons. The summed E-state index contributed by atoms with van der Waals surface area (Å²) >= 11 is 0. The summed E-state index contributed by atoms with van der Waals surface area (Å²) in [4.78, 5) is 4.16. The molecule has 0 fully saturated rings. The van der Waals surface area contributed by atoms with Crippen LogP contribution in [0.1, 0.15) is 37.9 Å². The predicted octanol–water partition coefficient (Wildman–Crippen LogP) is 2.64. The molecule has 0 bridgehead atoms. The highest BCUT2D eigenvalue weighted by Gasteiger charge is 2.10. The van der Waals surface area contributed by atoms with Crippen LogP contribution in [0.2, 0.25) is 0 Å². The van der Waals surface area contributed by atoms with Gasteiger partial charge in [-0.2, -0.15) is 5.10 Å². The van der Waals surface area contributed by atoms with Crippen LogP contribution in [0.5, 0.6) is 0 Å². The molecule has 0 atom stereocenters. The molecule has 0 amide bonds. The second-order valence-corrected chi connectivity index (χ2v) is 4.76. The number of hydrogen-bond donors (Lipinski definition) is 1. The van der Waals surface area contributed by atoms with E-state index in [9.17, 15) is 4.39 Å². The fraction of sp³-hybridized carbons (Fsp3) is 0.429. The van der Waals surface area contributed by atoms with Gasteiger partial charge in [0, 0.05) is 18.3 Å². The Kier molecular flexibility index (Phi) is 4.27. The molecule has 2 aromatic heterocycles. The van der Waals surface area contributed by atoms with Crippen molar-refractivity contribution in [2.24, 2.45) is 0 Å². The Balaban J connectivity index is 2.36. The van der Waals surface area contributed by atoms with Gasteiger partial charge in [-0.3, -0.25) is 0 Å². The third-order valence-corrected chi connectivity index (χ3v) is 2.89. The highest BCUT2D eigenvalue weighted by Crippen LogP contribution is 2.16. The van der Waals surface area contributed by atoms with E-state index in [1.165, 1.54) is 12.3 Å². The minimum absolute atomic E-state index is 0.326. The van der Waals surface area contributed by atoms with E-state index in [2.05, 4.69) is 29.2 Å². The van der Waals surface area contributed by atoms with Crippen molar-refractivity contribution in [3.8, 4) is 5.82 Å². The topological polar surface area (TPSA) is 42.7 Å². The summed E-state index contributed by atoms with van der Waals surface area (Å²) in [6.45, 7) is 7.59. The largest absolute Gasteiger partial charge is 0.313 e. The SMILES string of the molecule is CCNCc1cc(F)cnc1-n1ccc(C(C)C)n1. The van der Waals surface area contributed by atoms with Gasteiger partial charge in [-0.25, -0.2) is 14.1 Å². The Morgan fingerprint density at radius 2 is 2.21 bits per heavy atom. The summed E-state index contributed by atoms with van der Waals surface area (Å²) in [5.41, 5.74) is 1.81. The van der Waals surface area contributed by atoms with Crippen molar-refractivity contribution in [3.05, 3.63) is 41.6 Å². The smallest absolute Gasteiger partial charge is 0.157 e. The molecular weight excluding hydrogens is 243 g/mol. The van der Waals surface area contributed by atoms with Crippen LogP contribution in [0.25, 0.3) is 5.82 Å². The molecule has 0 aliphatic heterocycles. The zero-order valence-electron chi connectivity index (χ0n) is 11.5. The number of halogens is 1. The predicted molar refractivity (Wildman–Crippen MR) is 72.8 cm³/mol. The lowest BCUT2D eigenvalue weighted by Gasteiger charge is -2.09. The summed E-state index contributed by atoms with van der Waals surface area (Å²) in [6.07, 6.45) is 3.09. The van der Waals surface area contributed by atoms with Gasteiger partial charge in [0.2, 0.25) is 0 Å². The minimum Gasteiger partial charge on any atom is -0.313 e. The molecule has 5 heteroatoms. The van der Waals surface area contributed by atoms with Crippen LogP contribution in [0, 0.1) is 5.82 Å². The number of aromatic nitrogens is 3. The second-order valence-electron chi connectivity index (χ2n) is 4.76. The fourth-order valence-corrected chi connectivity index (χ4v) is 1.83. The first-order chi connectivity index (χ1) is 9.11. The van der Waals surface area contributed by atoms with E-state index in [4.69, 9.17) is 0 Å². The van der Waals surface area contributed by atoms with Crippen LogP contribution in [-0.4, -0.2) is 21.3 Å². The number of nitrogens with one attached hydrogen (secondary N) is 1. The zero-order chi connectivity index (χ0) is 13.8. The number of hydrogen-bond acceptors (Lipinski definition) is 3. The molecule has 0 saturated heterocycles. The minimum atomic E-state index is -0.326. The molecule has 0 unspecified atom stereocenters. The van der Waals surface area contributed by atoms with Gasteiger partial charge in [-0.1, -0.05) is 20.8 Å². The van der Waals surface area contributed by atoms with E-state index in [1.54, 1.807) is 4.68 Å². The highest BCUT2D eigenvalue weighted by molar-refractivity contribution is 5.33. The molecule has 0 saturated carbocycles. The van der Waals surface area contributed by atoms with Crippen LogP contribution < -0.4 is 5.32 Å². The van der Waals surface area contributed by atoms with Crippen LogP contribution in [0.15, 0.2) is 24.5 Å². The second kappa shape index (κ2) is 5.93. The Bertz CT molecular complexity index is 548. The summed E-state index contributed by atoms with van der Waals surface area (Å²) in [7, 11) is 0. The molecule has 2 aromatic rings. The molecule has 0 aliphatic carbocycles. The van der Waals surface area contributed by atoms with Gasteiger partial charge in [0.15, 0.2) is 5.82 Å². The summed E-state index contributed by atoms with van der Waals surface area (Å²) in [5, 5.41) is 7.67.